The van der Waals surface area contributed by atoms with E-state index in [1.54, 1.807) is 6.92 Å². The number of hydrogen-bond donors (Lipinski definition) is 2. The van der Waals surface area contributed by atoms with E-state index in [1.165, 1.54) is 0 Å². The Hall–Kier alpha value is -0.380. The SMILES string of the molecule is CCOP(=O)(O)CC1(C(=O)O)CCCC1. The van der Waals surface area contributed by atoms with Crippen molar-refractivity contribution in [3.63, 3.8) is 0 Å². The van der Waals surface area contributed by atoms with Crippen LogP contribution in [-0.4, -0.2) is 28.7 Å². The zero-order valence-corrected chi connectivity index (χ0v) is 9.70. The van der Waals surface area contributed by atoms with Crippen LogP contribution in [0.5, 0.6) is 0 Å². The first-order valence-electron chi connectivity index (χ1n) is 5.12. The fourth-order valence-electron chi connectivity index (χ4n) is 2.12. The van der Waals surface area contributed by atoms with Gasteiger partial charge in [-0.2, -0.15) is 0 Å². The number of rotatable bonds is 5. The highest BCUT2D eigenvalue weighted by atomic mass is 31.2. The monoisotopic (exact) mass is 236 g/mol. The zero-order valence-electron chi connectivity index (χ0n) is 8.81. The highest BCUT2D eigenvalue weighted by Crippen LogP contribution is 2.52. The molecule has 0 heterocycles. The molecule has 1 aliphatic carbocycles. The van der Waals surface area contributed by atoms with Crippen LogP contribution in [0.1, 0.15) is 32.6 Å². The summed E-state index contributed by atoms with van der Waals surface area (Å²) in [5, 5.41) is 9.11. The molecule has 1 atom stereocenters. The molecule has 88 valence electrons. The number of carbonyl (C=O) groups is 1. The average molecular weight is 236 g/mol. The molecule has 6 heteroatoms. The predicted octanol–water partition coefficient (Wildman–Crippen LogP) is 1.85. The molecular formula is C9H17O5P. The first-order chi connectivity index (χ1) is 6.92. The van der Waals surface area contributed by atoms with E-state index in [4.69, 9.17) is 9.63 Å². The molecule has 0 aromatic rings. The van der Waals surface area contributed by atoms with Crippen molar-refractivity contribution in [2.24, 2.45) is 5.41 Å². The number of carboxylic acids is 1. The molecular weight excluding hydrogens is 219 g/mol. The maximum atomic E-state index is 11.5. The number of carboxylic acid groups (broad SMARTS) is 1. The van der Waals surface area contributed by atoms with Crippen molar-refractivity contribution in [2.45, 2.75) is 32.6 Å². The summed E-state index contributed by atoms with van der Waals surface area (Å²) in [5.74, 6) is -0.978. The van der Waals surface area contributed by atoms with E-state index in [-0.39, 0.29) is 12.8 Å². The van der Waals surface area contributed by atoms with Gasteiger partial charge in [0.1, 0.15) is 0 Å². The Kier molecular flexibility index (Phi) is 3.93. The van der Waals surface area contributed by atoms with Gasteiger partial charge in [0.05, 0.1) is 18.2 Å². The quantitative estimate of drug-likeness (QED) is 0.711. The van der Waals surface area contributed by atoms with Crippen molar-refractivity contribution in [2.75, 3.05) is 12.8 Å². The van der Waals surface area contributed by atoms with Crippen LogP contribution in [0.15, 0.2) is 0 Å². The fourth-order valence-corrected chi connectivity index (χ4v) is 3.83. The highest BCUT2D eigenvalue weighted by molar-refractivity contribution is 7.52. The molecule has 5 nitrogen and oxygen atoms in total. The molecule has 0 amide bonds. The summed E-state index contributed by atoms with van der Waals surface area (Å²) in [7, 11) is -3.74. The first kappa shape index (κ1) is 12.7. The third-order valence-corrected chi connectivity index (χ3v) is 4.51. The Labute approximate surface area is 89.0 Å². The van der Waals surface area contributed by atoms with Gasteiger partial charge in [-0.05, 0) is 19.8 Å². The molecule has 0 aliphatic heterocycles. The average Bonchev–Trinajstić information content (AvgIpc) is 2.52. The minimum atomic E-state index is -3.74. The highest BCUT2D eigenvalue weighted by Gasteiger charge is 2.46. The number of hydrogen-bond acceptors (Lipinski definition) is 3. The molecule has 1 rings (SSSR count). The van der Waals surface area contributed by atoms with Crippen LogP contribution in [0.2, 0.25) is 0 Å². The molecule has 0 bridgehead atoms. The summed E-state index contributed by atoms with van der Waals surface area (Å²) in [4.78, 5) is 20.6. The van der Waals surface area contributed by atoms with Crippen LogP contribution in [0.25, 0.3) is 0 Å². The molecule has 0 spiro atoms. The molecule has 0 saturated heterocycles. The van der Waals surface area contributed by atoms with Gasteiger partial charge in [-0.1, -0.05) is 12.8 Å². The molecule has 15 heavy (non-hydrogen) atoms. The van der Waals surface area contributed by atoms with Crippen LogP contribution in [0.3, 0.4) is 0 Å². The maximum absolute atomic E-state index is 11.5. The largest absolute Gasteiger partial charge is 0.481 e. The van der Waals surface area contributed by atoms with Gasteiger partial charge < -0.3 is 14.5 Å². The molecule has 1 aliphatic rings. The van der Waals surface area contributed by atoms with Gasteiger partial charge >= 0.3 is 13.6 Å². The van der Waals surface area contributed by atoms with Crippen LogP contribution in [-0.2, 0) is 13.9 Å². The van der Waals surface area contributed by atoms with Crippen LogP contribution >= 0.6 is 7.60 Å². The summed E-state index contributed by atoms with van der Waals surface area (Å²) < 4.78 is 16.3. The molecule has 1 unspecified atom stereocenters. The van der Waals surface area contributed by atoms with Gasteiger partial charge in [0, 0.05) is 0 Å². The summed E-state index contributed by atoms with van der Waals surface area (Å²) in [6.07, 6.45) is 2.29. The Balaban J connectivity index is 2.75. The lowest BCUT2D eigenvalue weighted by Crippen LogP contribution is -2.32. The summed E-state index contributed by atoms with van der Waals surface area (Å²) in [6, 6.07) is 0. The van der Waals surface area contributed by atoms with Gasteiger partial charge in [-0.15, -0.1) is 0 Å². The Morgan fingerprint density at radius 2 is 2.00 bits per heavy atom. The van der Waals surface area contributed by atoms with Gasteiger partial charge in [0.25, 0.3) is 0 Å². The molecule has 1 fully saturated rings. The summed E-state index contributed by atoms with van der Waals surface area (Å²) in [5.41, 5.74) is -1.04. The molecule has 2 N–H and O–H groups in total. The van der Waals surface area contributed by atoms with E-state index >= 15 is 0 Å². The van der Waals surface area contributed by atoms with Crippen LogP contribution in [0.4, 0.5) is 0 Å². The Morgan fingerprint density at radius 3 is 2.40 bits per heavy atom. The third kappa shape index (κ3) is 3.03. The lowest BCUT2D eigenvalue weighted by molar-refractivity contribution is -0.147. The second-order valence-electron chi connectivity index (χ2n) is 4.01. The Morgan fingerprint density at radius 1 is 1.47 bits per heavy atom. The Bertz CT molecular complexity index is 282. The molecule has 0 aromatic heterocycles. The van der Waals surface area contributed by atoms with Crippen molar-refractivity contribution >= 4 is 13.6 Å². The van der Waals surface area contributed by atoms with Crippen molar-refractivity contribution < 1.29 is 23.9 Å². The summed E-state index contributed by atoms with van der Waals surface area (Å²) in [6.45, 7) is 1.74. The van der Waals surface area contributed by atoms with Crippen LogP contribution < -0.4 is 0 Å². The smallest absolute Gasteiger partial charge is 0.329 e. The van der Waals surface area contributed by atoms with Gasteiger partial charge in [0.15, 0.2) is 0 Å². The van der Waals surface area contributed by atoms with Crippen molar-refractivity contribution in [3.05, 3.63) is 0 Å². The third-order valence-electron chi connectivity index (χ3n) is 2.85. The van der Waals surface area contributed by atoms with Gasteiger partial charge in [-0.3, -0.25) is 9.36 Å². The van der Waals surface area contributed by atoms with Crippen molar-refractivity contribution in [1.29, 1.82) is 0 Å². The molecule has 0 aromatic carbocycles. The second kappa shape index (κ2) is 4.64. The van der Waals surface area contributed by atoms with Gasteiger partial charge in [0.2, 0.25) is 0 Å². The topological polar surface area (TPSA) is 83.8 Å². The lowest BCUT2D eigenvalue weighted by Gasteiger charge is -2.25. The number of aliphatic carboxylic acids is 1. The minimum Gasteiger partial charge on any atom is -0.481 e. The van der Waals surface area contributed by atoms with E-state index < -0.39 is 19.0 Å². The summed E-state index contributed by atoms with van der Waals surface area (Å²) >= 11 is 0. The predicted molar refractivity (Wildman–Crippen MR) is 54.9 cm³/mol. The van der Waals surface area contributed by atoms with Gasteiger partial charge in [-0.25, -0.2) is 0 Å². The zero-order chi connectivity index (χ0) is 11.5. The van der Waals surface area contributed by atoms with Crippen molar-refractivity contribution in [1.82, 2.24) is 0 Å². The lowest BCUT2D eigenvalue weighted by atomic mass is 9.89. The van der Waals surface area contributed by atoms with Crippen molar-refractivity contribution in [3.8, 4) is 0 Å². The minimum absolute atomic E-state index is 0.128. The standard InChI is InChI=1S/C9H17O5P/c1-2-14-15(12,13)7-9(8(10)11)5-3-4-6-9/h2-7H2,1H3,(H,10,11)(H,12,13). The first-order valence-corrected chi connectivity index (χ1v) is 6.88. The van der Waals surface area contributed by atoms with Crippen LogP contribution in [0, 0.1) is 5.41 Å². The van der Waals surface area contributed by atoms with E-state index in [2.05, 4.69) is 0 Å². The molecule has 1 saturated carbocycles. The van der Waals surface area contributed by atoms with E-state index in [0.29, 0.717) is 12.8 Å². The van der Waals surface area contributed by atoms with E-state index in [1.807, 2.05) is 0 Å². The maximum Gasteiger partial charge on any atom is 0.329 e. The van der Waals surface area contributed by atoms with E-state index in [0.717, 1.165) is 12.8 Å². The second-order valence-corrected chi connectivity index (χ2v) is 5.86. The normalized spacial score (nSPS) is 23.6. The molecule has 0 radical (unpaired) electrons. The van der Waals surface area contributed by atoms with E-state index in [9.17, 15) is 14.3 Å². The fraction of sp³-hybridized carbons (Fsp3) is 0.889.